The number of unbranched alkanes of at least 4 members (excludes halogenated alkanes) is 13. The van der Waals surface area contributed by atoms with Gasteiger partial charge in [-0.25, -0.2) is 0 Å². The largest absolute Gasteiger partial charge is 0.424 e. The second-order valence-corrected chi connectivity index (χ2v) is 7.34. The van der Waals surface area contributed by atoms with Crippen LogP contribution < -0.4 is 0 Å². The number of aliphatic hydroxyl groups is 1. The maximum atomic E-state index is 12.5. The topological polar surface area (TPSA) is 37.3 Å². The molecule has 0 aromatic carbocycles. The lowest BCUT2D eigenvalue weighted by atomic mass is 9.95. The van der Waals surface area contributed by atoms with E-state index in [9.17, 15) is 23.1 Å². The van der Waals surface area contributed by atoms with Gasteiger partial charge in [0.1, 0.15) is 0 Å². The van der Waals surface area contributed by atoms with Crippen molar-refractivity contribution in [1.29, 1.82) is 0 Å². The Hall–Kier alpha value is -0.580. The Morgan fingerprint density at radius 1 is 0.720 bits per heavy atom. The lowest BCUT2D eigenvalue weighted by Gasteiger charge is -2.24. The number of alkyl halides is 3. The molecule has 0 heterocycles. The molecule has 0 aromatic heterocycles. The molecule has 0 spiro atoms. The summed E-state index contributed by atoms with van der Waals surface area (Å²) >= 11 is 0. The summed E-state index contributed by atoms with van der Waals surface area (Å²) in [6.45, 7) is 2.77. The first-order valence-corrected chi connectivity index (χ1v) is 10.1. The lowest BCUT2D eigenvalue weighted by molar-refractivity contribution is -0.244. The zero-order valence-electron chi connectivity index (χ0n) is 16.1. The number of hydrogen-bond donors (Lipinski definition) is 1. The van der Waals surface area contributed by atoms with Crippen molar-refractivity contribution in [3.05, 3.63) is 0 Å². The van der Waals surface area contributed by atoms with E-state index < -0.39 is 17.6 Å². The quantitative estimate of drug-likeness (QED) is 0.307. The summed E-state index contributed by atoms with van der Waals surface area (Å²) in [5, 5.41) is 9.25. The van der Waals surface area contributed by atoms with Gasteiger partial charge in [-0.15, -0.1) is 0 Å². The summed E-state index contributed by atoms with van der Waals surface area (Å²) in [6, 6.07) is 0. The number of carbonyl (C=O) groups is 1. The highest BCUT2D eigenvalue weighted by Gasteiger charge is 2.54. The first-order valence-electron chi connectivity index (χ1n) is 10.1. The molecule has 0 radical (unpaired) electrons. The van der Waals surface area contributed by atoms with Gasteiger partial charge in [0.25, 0.3) is 0 Å². The van der Waals surface area contributed by atoms with Gasteiger partial charge in [-0.2, -0.15) is 13.2 Å². The standard InChI is InChI=1S/C20H37F3O2/c1-3-4-5-6-7-8-9-10-11-12-13-14-15-16-17-18(24)19(2,25)20(21,22)23/h25H,3-17H2,1-2H3. The van der Waals surface area contributed by atoms with Crippen LogP contribution in [0.3, 0.4) is 0 Å². The third-order valence-electron chi connectivity index (χ3n) is 4.85. The number of Topliss-reactive ketones (excluding diaryl/α,β-unsaturated/α-hetero) is 1. The minimum atomic E-state index is -4.89. The van der Waals surface area contributed by atoms with Gasteiger partial charge >= 0.3 is 6.18 Å². The monoisotopic (exact) mass is 366 g/mol. The Morgan fingerprint density at radius 2 is 1.04 bits per heavy atom. The normalized spacial score (nSPS) is 14.5. The van der Waals surface area contributed by atoms with Gasteiger partial charge in [0.05, 0.1) is 0 Å². The zero-order valence-corrected chi connectivity index (χ0v) is 16.1. The van der Waals surface area contributed by atoms with Crippen molar-refractivity contribution in [2.24, 2.45) is 0 Å². The highest BCUT2D eigenvalue weighted by atomic mass is 19.4. The first kappa shape index (κ1) is 24.4. The highest BCUT2D eigenvalue weighted by molar-refractivity contribution is 5.87. The van der Waals surface area contributed by atoms with Gasteiger partial charge < -0.3 is 5.11 Å². The van der Waals surface area contributed by atoms with Crippen molar-refractivity contribution < 1.29 is 23.1 Å². The van der Waals surface area contributed by atoms with Gasteiger partial charge in [-0.3, -0.25) is 4.79 Å². The molecule has 0 saturated heterocycles. The van der Waals surface area contributed by atoms with Gasteiger partial charge in [0, 0.05) is 6.42 Å². The average Bonchev–Trinajstić information content (AvgIpc) is 2.53. The molecule has 150 valence electrons. The predicted octanol–water partition coefficient (Wildman–Crippen LogP) is 6.74. The van der Waals surface area contributed by atoms with Crippen LogP contribution in [0.25, 0.3) is 0 Å². The van der Waals surface area contributed by atoms with Crippen molar-refractivity contribution in [2.45, 2.75) is 122 Å². The molecule has 1 N–H and O–H groups in total. The molecule has 0 saturated carbocycles. The van der Waals surface area contributed by atoms with Crippen molar-refractivity contribution in [3.8, 4) is 0 Å². The van der Waals surface area contributed by atoms with E-state index in [1.807, 2.05) is 0 Å². The third kappa shape index (κ3) is 11.6. The molecule has 25 heavy (non-hydrogen) atoms. The number of carbonyl (C=O) groups excluding carboxylic acids is 1. The molecular formula is C20H37F3O2. The van der Waals surface area contributed by atoms with Crippen molar-refractivity contribution >= 4 is 5.78 Å². The van der Waals surface area contributed by atoms with Crippen LogP contribution in [-0.2, 0) is 4.79 Å². The van der Waals surface area contributed by atoms with Gasteiger partial charge in [0.15, 0.2) is 5.78 Å². The van der Waals surface area contributed by atoms with E-state index in [0.717, 1.165) is 25.7 Å². The molecule has 0 aliphatic heterocycles. The molecule has 0 amide bonds. The molecule has 5 heteroatoms. The predicted molar refractivity (Wildman–Crippen MR) is 96.6 cm³/mol. The second kappa shape index (κ2) is 13.6. The van der Waals surface area contributed by atoms with Gasteiger partial charge in [0.2, 0.25) is 5.60 Å². The smallest absolute Gasteiger partial charge is 0.374 e. The third-order valence-corrected chi connectivity index (χ3v) is 4.85. The van der Waals surface area contributed by atoms with Crippen LogP contribution in [0.5, 0.6) is 0 Å². The molecule has 1 unspecified atom stereocenters. The Morgan fingerprint density at radius 3 is 1.36 bits per heavy atom. The van der Waals surface area contributed by atoms with E-state index in [1.54, 1.807) is 0 Å². The molecule has 2 nitrogen and oxygen atoms in total. The maximum absolute atomic E-state index is 12.5. The summed E-state index contributed by atoms with van der Waals surface area (Å²) in [5.41, 5.74) is -3.20. The number of ketones is 1. The molecule has 0 fully saturated rings. The molecule has 0 aliphatic carbocycles. The summed E-state index contributed by atoms with van der Waals surface area (Å²) in [6.07, 6.45) is 11.0. The van der Waals surface area contributed by atoms with Crippen molar-refractivity contribution in [1.82, 2.24) is 0 Å². The minimum absolute atomic E-state index is 0.204. The summed E-state index contributed by atoms with van der Waals surface area (Å²) in [7, 11) is 0. The van der Waals surface area contributed by atoms with E-state index in [-0.39, 0.29) is 6.42 Å². The highest BCUT2D eigenvalue weighted by Crippen LogP contribution is 2.32. The average molecular weight is 367 g/mol. The van der Waals surface area contributed by atoms with E-state index in [0.29, 0.717) is 13.3 Å². The Kier molecular flexibility index (Phi) is 13.3. The van der Waals surface area contributed by atoms with Crippen molar-refractivity contribution in [3.63, 3.8) is 0 Å². The molecule has 0 aromatic rings. The molecule has 0 rings (SSSR count). The Labute approximate surface area is 151 Å². The zero-order chi connectivity index (χ0) is 19.2. The van der Waals surface area contributed by atoms with E-state index in [4.69, 9.17) is 0 Å². The Balaban J connectivity index is 3.41. The maximum Gasteiger partial charge on any atom is 0.424 e. The van der Waals surface area contributed by atoms with Crippen molar-refractivity contribution in [2.75, 3.05) is 0 Å². The number of hydrogen-bond acceptors (Lipinski definition) is 2. The van der Waals surface area contributed by atoms with E-state index in [2.05, 4.69) is 6.92 Å². The fourth-order valence-corrected chi connectivity index (χ4v) is 2.88. The van der Waals surface area contributed by atoms with E-state index >= 15 is 0 Å². The Bertz CT molecular complexity index is 338. The first-order chi connectivity index (χ1) is 11.7. The van der Waals surface area contributed by atoms with Crippen LogP contribution in [0.2, 0.25) is 0 Å². The molecule has 0 bridgehead atoms. The van der Waals surface area contributed by atoms with Crippen LogP contribution in [0, 0.1) is 0 Å². The summed E-state index contributed by atoms with van der Waals surface area (Å²) in [4.78, 5) is 11.5. The SMILES string of the molecule is CCCCCCCCCCCCCCCCC(=O)C(C)(O)C(F)(F)F. The van der Waals surface area contributed by atoms with Crippen LogP contribution >= 0.6 is 0 Å². The summed E-state index contributed by atoms with van der Waals surface area (Å²) in [5.74, 6) is -1.13. The van der Waals surface area contributed by atoms with Gasteiger partial charge in [-0.1, -0.05) is 90.4 Å². The van der Waals surface area contributed by atoms with E-state index in [1.165, 1.54) is 57.8 Å². The molecular weight excluding hydrogens is 329 g/mol. The minimum Gasteiger partial charge on any atom is -0.374 e. The fraction of sp³-hybridized carbons (Fsp3) is 0.950. The number of rotatable bonds is 16. The van der Waals surface area contributed by atoms with Crippen LogP contribution in [0.1, 0.15) is 110 Å². The van der Waals surface area contributed by atoms with Crippen LogP contribution in [0.4, 0.5) is 13.2 Å². The molecule has 1 atom stereocenters. The van der Waals surface area contributed by atoms with Crippen LogP contribution in [0.15, 0.2) is 0 Å². The fourth-order valence-electron chi connectivity index (χ4n) is 2.88. The van der Waals surface area contributed by atoms with Gasteiger partial charge in [-0.05, 0) is 13.3 Å². The lowest BCUT2D eigenvalue weighted by Crippen LogP contribution is -2.49. The molecule has 0 aliphatic rings. The van der Waals surface area contributed by atoms with Crippen LogP contribution in [-0.4, -0.2) is 22.7 Å². The second-order valence-electron chi connectivity index (χ2n) is 7.34. The summed E-state index contributed by atoms with van der Waals surface area (Å²) < 4.78 is 37.5. The number of halogens is 3.